The van der Waals surface area contributed by atoms with Crippen LogP contribution in [0.5, 0.6) is 17.2 Å². The van der Waals surface area contributed by atoms with Crippen LogP contribution in [0.3, 0.4) is 0 Å². The minimum Gasteiger partial charge on any atom is -0.496 e. The molecule has 0 unspecified atom stereocenters. The maximum absolute atomic E-state index is 13.2. The molecule has 0 atom stereocenters. The molecule has 190 valence electrons. The van der Waals surface area contributed by atoms with E-state index in [1.807, 2.05) is 78.9 Å². The first kappa shape index (κ1) is 24.5. The number of methoxy groups -OCH3 is 1. The molecule has 0 aliphatic rings. The largest absolute Gasteiger partial charge is 0.496 e. The molecular weight excluding hydrogens is 482 g/mol. The van der Waals surface area contributed by atoms with Crippen molar-refractivity contribution in [2.24, 2.45) is 0 Å². The number of carbonyl (C=O) groups excluding carboxylic acids is 2. The number of fused-ring (bicyclic) bond motifs is 1. The zero-order valence-corrected chi connectivity index (χ0v) is 20.8. The molecule has 9 heteroatoms. The molecule has 0 bridgehead atoms. The topological polar surface area (TPSA) is 107 Å². The summed E-state index contributed by atoms with van der Waals surface area (Å²) in [6.07, 6.45) is 3.25. The van der Waals surface area contributed by atoms with E-state index < -0.39 is 0 Å². The molecule has 9 nitrogen and oxygen atoms in total. The third-order valence-corrected chi connectivity index (χ3v) is 5.70. The standard InChI is InChI=1S/C29H25N5O4/c1-19(35)31-25-18-34-26(17-30-25)32-28(21-10-8-13-23(15-21)38-22-11-4-3-5-12-22)29(34)33-27(36)16-20-9-6-7-14-24(20)37-2/h3-15,17-18H,16H2,1-2H3,(H,31,35)(H,33,36). The molecule has 2 N–H and O–H groups in total. The average Bonchev–Trinajstić information content (AvgIpc) is 3.27. The van der Waals surface area contributed by atoms with Crippen LogP contribution in [0.1, 0.15) is 12.5 Å². The highest BCUT2D eigenvalue weighted by Crippen LogP contribution is 2.33. The van der Waals surface area contributed by atoms with Gasteiger partial charge in [0.1, 0.15) is 34.6 Å². The van der Waals surface area contributed by atoms with Gasteiger partial charge in [-0.1, -0.05) is 48.5 Å². The van der Waals surface area contributed by atoms with E-state index in [-0.39, 0.29) is 18.2 Å². The second kappa shape index (κ2) is 10.8. The van der Waals surface area contributed by atoms with Gasteiger partial charge in [0, 0.05) is 18.1 Å². The number of ether oxygens (including phenoxy) is 2. The quantitative estimate of drug-likeness (QED) is 0.294. The number of carbonyl (C=O) groups is 2. The molecule has 2 aromatic heterocycles. The highest BCUT2D eigenvalue weighted by molar-refractivity contribution is 5.96. The van der Waals surface area contributed by atoms with Gasteiger partial charge in [-0.2, -0.15) is 0 Å². The monoisotopic (exact) mass is 507 g/mol. The van der Waals surface area contributed by atoms with Crippen LogP contribution < -0.4 is 20.1 Å². The van der Waals surface area contributed by atoms with E-state index in [1.165, 1.54) is 13.1 Å². The summed E-state index contributed by atoms with van der Waals surface area (Å²) in [6.45, 7) is 1.40. The first-order chi connectivity index (χ1) is 18.5. The second-order valence-electron chi connectivity index (χ2n) is 8.47. The zero-order chi connectivity index (χ0) is 26.5. The molecule has 0 spiro atoms. The minimum absolute atomic E-state index is 0.0947. The number of hydrogen-bond donors (Lipinski definition) is 2. The molecule has 0 aliphatic heterocycles. The Labute approximate surface area is 219 Å². The first-order valence-electron chi connectivity index (χ1n) is 11.9. The van der Waals surface area contributed by atoms with Gasteiger partial charge in [0.05, 0.1) is 25.9 Å². The number of aromatic nitrogens is 3. The van der Waals surface area contributed by atoms with Gasteiger partial charge in [0.25, 0.3) is 0 Å². The van der Waals surface area contributed by atoms with Crippen molar-refractivity contribution in [1.82, 2.24) is 14.4 Å². The summed E-state index contributed by atoms with van der Waals surface area (Å²) in [4.78, 5) is 33.9. The Bertz CT molecular complexity index is 1610. The lowest BCUT2D eigenvalue weighted by Crippen LogP contribution is -2.17. The van der Waals surface area contributed by atoms with Crippen LogP contribution in [0.25, 0.3) is 16.9 Å². The summed E-state index contributed by atoms with van der Waals surface area (Å²) >= 11 is 0. The fraction of sp³-hybridized carbons (Fsp3) is 0.103. The summed E-state index contributed by atoms with van der Waals surface area (Å²) in [6, 6.07) is 24.3. The number of para-hydroxylation sites is 2. The molecular formula is C29H25N5O4. The summed E-state index contributed by atoms with van der Waals surface area (Å²) in [5.74, 6) is 2.20. The van der Waals surface area contributed by atoms with E-state index in [4.69, 9.17) is 14.5 Å². The zero-order valence-electron chi connectivity index (χ0n) is 20.8. The summed E-state index contributed by atoms with van der Waals surface area (Å²) in [7, 11) is 1.57. The maximum atomic E-state index is 13.2. The average molecular weight is 508 g/mol. The number of benzene rings is 3. The number of amides is 2. The van der Waals surface area contributed by atoms with Crippen LogP contribution in [0.4, 0.5) is 11.6 Å². The van der Waals surface area contributed by atoms with Gasteiger partial charge in [0.15, 0.2) is 5.65 Å². The Morgan fingerprint density at radius 1 is 0.921 bits per heavy atom. The number of imidazole rings is 1. The first-order valence-corrected chi connectivity index (χ1v) is 11.9. The smallest absolute Gasteiger partial charge is 0.230 e. The Kier molecular flexibility index (Phi) is 6.99. The Morgan fingerprint density at radius 2 is 1.68 bits per heavy atom. The predicted octanol–water partition coefficient (Wildman–Crippen LogP) is 5.34. The van der Waals surface area contributed by atoms with Gasteiger partial charge in [0.2, 0.25) is 11.8 Å². The van der Waals surface area contributed by atoms with Crippen molar-refractivity contribution in [3.05, 3.63) is 96.8 Å². The Morgan fingerprint density at radius 3 is 2.47 bits per heavy atom. The number of nitrogens with zero attached hydrogens (tertiary/aromatic N) is 3. The molecule has 38 heavy (non-hydrogen) atoms. The van der Waals surface area contributed by atoms with Crippen molar-refractivity contribution in [3.8, 4) is 28.5 Å². The van der Waals surface area contributed by atoms with E-state index in [0.29, 0.717) is 40.2 Å². The van der Waals surface area contributed by atoms with Crippen LogP contribution in [0.2, 0.25) is 0 Å². The van der Waals surface area contributed by atoms with Gasteiger partial charge in [-0.3, -0.25) is 14.0 Å². The van der Waals surface area contributed by atoms with Crippen molar-refractivity contribution < 1.29 is 19.1 Å². The lowest BCUT2D eigenvalue weighted by Gasteiger charge is -2.11. The number of anilines is 2. The SMILES string of the molecule is COc1ccccc1CC(=O)Nc1c(-c2cccc(Oc3ccccc3)c2)nc2cnc(NC(C)=O)cn12. The maximum Gasteiger partial charge on any atom is 0.230 e. The van der Waals surface area contributed by atoms with Crippen LogP contribution in [-0.2, 0) is 16.0 Å². The minimum atomic E-state index is -0.260. The third kappa shape index (κ3) is 5.46. The number of nitrogens with one attached hydrogen (secondary N) is 2. The fourth-order valence-corrected chi connectivity index (χ4v) is 4.05. The fourth-order valence-electron chi connectivity index (χ4n) is 4.05. The summed E-state index contributed by atoms with van der Waals surface area (Å²) in [5, 5.41) is 5.68. The van der Waals surface area contributed by atoms with Crippen molar-refractivity contribution in [1.29, 1.82) is 0 Å². The van der Waals surface area contributed by atoms with Crippen LogP contribution in [0.15, 0.2) is 91.3 Å². The Hall–Kier alpha value is -5.18. The highest BCUT2D eigenvalue weighted by atomic mass is 16.5. The van der Waals surface area contributed by atoms with Gasteiger partial charge in [-0.15, -0.1) is 0 Å². The van der Waals surface area contributed by atoms with E-state index in [9.17, 15) is 9.59 Å². The van der Waals surface area contributed by atoms with Gasteiger partial charge in [-0.05, 0) is 30.3 Å². The molecule has 5 aromatic rings. The lowest BCUT2D eigenvalue weighted by molar-refractivity contribution is -0.116. The van der Waals surface area contributed by atoms with E-state index in [1.54, 1.807) is 17.7 Å². The third-order valence-electron chi connectivity index (χ3n) is 5.70. The molecule has 0 radical (unpaired) electrons. The van der Waals surface area contributed by atoms with Crippen LogP contribution >= 0.6 is 0 Å². The summed E-state index contributed by atoms with van der Waals surface area (Å²) in [5.41, 5.74) is 2.51. The predicted molar refractivity (Wildman–Crippen MR) is 145 cm³/mol. The molecule has 0 fully saturated rings. The molecule has 5 rings (SSSR count). The number of rotatable bonds is 8. The molecule has 0 aliphatic carbocycles. The van der Waals surface area contributed by atoms with Crippen molar-refractivity contribution in [3.63, 3.8) is 0 Å². The molecule has 0 saturated heterocycles. The molecule has 2 amide bonds. The van der Waals surface area contributed by atoms with Gasteiger partial charge < -0.3 is 20.1 Å². The van der Waals surface area contributed by atoms with Crippen molar-refractivity contribution >= 4 is 29.1 Å². The highest BCUT2D eigenvalue weighted by Gasteiger charge is 2.19. The Balaban J connectivity index is 1.54. The van der Waals surface area contributed by atoms with Gasteiger partial charge >= 0.3 is 0 Å². The van der Waals surface area contributed by atoms with E-state index in [0.717, 1.165) is 11.1 Å². The van der Waals surface area contributed by atoms with E-state index >= 15 is 0 Å². The molecule has 0 saturated carbocycles. The van der Waals surface area contributed by atoms with Crippen LogP contribution in [-0.4, -0.2) is 33.3 Å². The van der Waals surface area contributed by atoms with Crippen molar-refractivity contribution in [2.75, 3.05) is 17.7 Å². The van der Waals surface area contributed by atoms with E-state index in [2.05, 4.69) is 15.6 Å². The summed E-state index contributed by atoms with van der Waals surface area (Å²) < 4.78 is 13.1. The lowest BCUT2D eigenvalue weighted by atomic mass is 10.1. The van der Waals surface area contributed by atoms with Crippen LogP contribution in [0, 0.1) is 0 Å². The van der Waals surface area contributed by atoms with Crippen molar-refractivity contribution in [2.45, 2.75) is 13.3 Å². The normalized spacial score (nSPS) is 10.7. The molecule has 3 aromatic carbocycles. The van der Waals surface area contributed by atoms with Gasteiger partial charge in [-0.25, -0.2) is 9.97 Å². The number of hydrogen-bond acceptors (Lipinski definition) is 6. The second-order valence-corrected chi connectivity index (χ2v) is 8.47. The molecule has 2 heterocycles.